The van der Waals surface area contributed by atoms with Crippen molar-refractivity contribution in [3.63, 3.8) is 0 Å². The summed E-state index contributed by atoms with van der Waals surface area (Å²) in [6.07, 6.45) is 3.36. The van der Waals surface area contributed by atoms with E-state index >= 15 is 0 Å². The monoisotopic (exact) mass is 259 g/mol. The molecule has 2 aromatic rings. The molecule has 1 N–H and O–H groups in total. The van der Waals surface area contributed by atoms with Crippen LogP contribution in [-0.4, -0.2) is 16.7 Å². The summed E-state index contributed by atoms with van der Waals surface area (Å²) >= 11 is 1.75. The van der Waals surface area contributed by atoms with Crippen LogP contribution in [0.3, 0.4) is 0 Å². The predicted octanol–water partition coefficient (Wildman–Crippen LogP) is 3.53. The molecule has 3 heteroatoms. The average Bonchev–Trinajstić information content (AvgIpc) is 2.72. The Morgan fingerprint density at radius 3 is 2.56 bits per heavy atom. The number of rotatable bonds is 3. The molecule has 1 saturated carbocycles. The summed E-state index contributed by atoms with van der Waals surface area (Å²) in [5.74, 6) is 0. The van der Waals surface area contributed by atoms with Crippen molar-refractivity contribution in [1.29, 1.82) is 0 Å². The Labute approximate surface area is 111 Å². The summed E-state index contributed by atoms with van der Waals surface area (Å²) in [5, 5.41) is 10.7. The van der Waals surface area contributed by atoms with E-state index in [1.807, 2.05) is 18.2 Å². The first-order valence-electron chi connectivity index (χ1n) is 6.39. The van der Waals surface area contributed by atoms with Crippen molar-refractivity contribution < 1.29 is 5.11 Å². The molecule has 0 bridgehead atoms. The van der Waals surface area contributed by atoms with E-state index in [1.54, 1.807) is 11.3 Å². The summed E-state index contributed by atoms with van der Waals surface area (Å²) in [4.78, 5) is 6.05. The second-order valence-electron chi connectivity index (χ2n) is 5.08. The van der Waals surface area contributed by atoms with Crippen LogP contribution in [0, 0.1) is 6.92 Å². The predicted molar refractivity (Wildman–Crippen MR) is 74.9 cm³/mol. The fourth-order valence-electron chi connectivity index (χ4n) is 2.53. The lowest BCUT2D eigenvalue weighted by Crippen LogP contribution is -2.37. The van der Waals surface area contributed by atoms with E-state index in [2.05, 4.69) is 19.1 Å². The zero-order chi connectivity index (χ0) is 12.6. The molecule has 0 atom stereocenters. The van der Waals surface area contributed by atoms with Crippen molar-refractivity contribution in [2.75, 3.05) is 6.61 Å². The van der Waals surface area contributed by atoms with E-state index in [9.17, 15) is 5.11 Å². The Hall–Kier alpha value is -1.19. The molecule has 1 fully saturated rings. The summed E-state index contributed by atoms with van der Waals surface area (Å²) in [7, 11) is 0. The van der Waals surface area contributed by atoms with Crippen molar-refractivity contribution in [1.82, 2.24) is 4.98 Å². The molecule has 18 heavy (non-hydrogen) atoms. The van der Waals surface area contributed by atoms with Gasteiger partial charge in [-0.2, -0.15) is 0 Å². The van der Waals surface area contributed by atoms with Crippen LogP contribution in [-0.2, 0) is 5.41 Å². The molecular formula is C15H17NOS. The molecule has 1 aromatic heterocycles. The number of hydrogen-bond donors (Lipinski definition) is 1. The van der Waals surface area contributed by atoms with E-state index < -0.39 is 0 Å². The van der Waals surface area contributed by atoms with Gasteiger partial charge in [0.15, 0.2) is 0 Å². The Kier molecular flexibility index (Phi) is 2.96. The van der Waals surface area contributed by atoms with Crippen molar-refractivity contribution in [2.24, 2.45) is 0 Å². The normalized spacial score (nSPS) is 17.4. The quantitative estimate of drug-likeness (QED) is 0.914. The zero-order valence-electron chi connectivity index (χ0n) is 10.5. The summed E-state index contributed by atoms with van der Waals surface area (Å²) < 4.78 is 0. The van der Waals surface area contributed by atoms with E-state index in [-0.39, 0.29) is 12.0 Å². The van der Waals surface area contributed by atoms with Gasteiger partial charge in [-0.3, -0.25) is 0 Å². The summed E-state index contributed by atoms with van der Waals surface area (Å²) in [6.45, 7) is 2.35. The molecule has 1 heterocycles. The minimum absolute atomic E-state index is 0.0392. The van der Waals surface area contributed by atoms with Crippen LogP contribution in [0.15, 0.2) is 30.3 Å². The lowest BCUT2D eigenvalue weighted by molar-refractivity contribution is 0.120. The molecule has 0 saturated heterocycles. The van der Waals surface area contributed by atoms with Crippen molar-refractivity contribution >= 4 is 11.3 Å². The van der Waals surface area contributed by atoms with Crippen LogP contribution in [0.4, 0.5) is 0 Å². The maximum Gasteiger partial charge on any atom is 0.102 e. The van der Waals surface area contributed by atoms with Gasteiger partial charge in [-0.15, -0.1) is 11.3 Å². The highest BCUT2D eigenvalue weighted by Gasteiger charge is 2.41. The zero-order valence-corrected chi connectivity index (χ0v) is 11.3. The minimum Gasteiger partial charge on any atom is -0.395 e. The number of aryl methyl sites for hydroxylation is 1. The molecule has 94 valence electrons. The molecule has 1 aliphatic rings. The number of thiazole rings is 1. The van der Waals surface area contributed by atoms with Gasteiger partial charge in [0.05, 0.1) is 12.3 Å². The third-order valence-electron chi connectivity index (χ3n) is 3.91. The molecule has 0 radical (unpaired) electrons. The third-order valence-corrected chi connectivity index (χ3v) is 5.13. The first-order chi connectivity index (χ1) is 8.75. The highest BCUT2D eigenvalue weighted by Crippen LogP contribution is 2.46. The first-order valence-corrected chi connectivity index (χ1v) is 7.21. The maximum atomic E-state index is 9.63. The van der Waals surface area contributed by atoms with Gasteiger partial charge in [-0.1, -0.05) is 36.8 Å². The summed E-state index contributed by atoms with van der Waals surface area (Å²) in [6, 6.07) is 10.3. The largest absolute Gasteiger partial charge is 0.395 e. The van der Waals surface area contributed by atoms with E-state index in [4.69, 9.17) is 4.98 Å². The Morgan fingerprint density at radius 2 is 2.00 bits per heavy atom. The molecule has 0 unspecified atom stereocenters. The van der Waals surface area contributed by atoms with Gasteiger partial charge in [0.25, 0.3) is 0 Å². The third kappa shape index (κ3) is 1.78. The maximum absolute atomic E-state index is 9.63. The number of benzene rings is 1. The fraction of sp³-hybridized carbons (Fsp3) is 0.400. The van der Waals surface area contributed by atoms with Gasteiger partial charge in [0, 0.05) is 15.9 Å². The van der Waals surface area contributed by atoms with E-state index in [0.29, 0.717) is 0 Å². The molecule has 0 spiro atoms. The molecule has 0 amide bonds. The molecule has 1 aromatic carbocycles. The van der Waals surface area contributed by atoms with Crippen LogP contribution in [0.5, 0.6) is 0 Å². The smallest absolute Gasteiger partial charge is 0.102 e. The van der Waals surface area contributed by atoms with Crippen LogP contribution < -0.4 is 0 Å². The SMILES string of the molecule is Cc1sc(C2(CO)CCC2)nc1-c1ccccc1. The standard InChI is InChI=1S/C15H17NOS/c1-11-13(12-6-3-2-4-7-12)16-14(18-11)15(10-17)8-5-9-15/h2-4,6-7,17H,5,8-10H2,1H3. The average molecular weight is 259 g/mol. The number of aliphatic hydroxyl groups excluding tert-OH is 1. The van der Waals surface area contributed by atoms with Gasteiger partial charge < -0.3 is 5.11 Å². The number of aliphatic hydroxyl groups is 1. The molecule has 2 nitrogen and oxygen atoms in total. The number of nitrogens with zero attached hydrogens (tertiary/aromatic N) is 1. The first kappa shape index (κ1) is 11.9. The number of hydrogen-bond acceptors (Lipinski definition) is 3. The van der Waals surface area contributed by atoms with E-state index in [0.717, 1.165) is 23.5 Å². The minimum atomic E-state index is -0.0392. The Morgan fingerprint density at radius 1 is 1.28 bits per heavy atom. The van der Waals surface area contributed by atoms with Crippen LogP contribution in [0.2, 0.25) is 0 Å². The van der Waals surface area contributed by atoms with Gasteiger partial charge in [0.1, 0.15) is 5.01 Å². The highest BCUT2D eigenvalue weighted by molar-refractivity contribution is 7.12. The summed E-state index contributed by atoms with van der Waals surface area (Å²) in [5.41, 5.74) is 2.21. The van der Waals surface area contributed by atoms with Crippen molar-refractivity contribution in [3.8, 4) is 11.3 Å². The van der Waals surface area contributed by atoms with Gasteiger partial charge >= 0.3 is 0 Å². The van der Waals surface area contributed by atoms with Crippen LogP contribution in [0.25, 0.3) is 11.3 Å². The van der Waals surface area contributed by atoms with E-state index in [1.165, 1.54) is 16.9 Å². The van der Waals surface area contributed by atoms with Crippen LogP contribution in [0.1, 0.15) is 29.1 Å². The topological polar surface area (TPSA) is 33.1 Å². The van der Waals surface area contributed by atoms with Gasteiger partial charge in [0.2, 0.25) is 0 Å². The second-order valence-corrected chi connectivity index (χ2v) is 6.29. The lowest BCUT2D eigenvalue weighted by Gasteiger charge is -2.38. The Bertz CT molecular complexity index is 537. The molecular weight excluding hydrogens is 242 g/mol. The van der Waals surface area contributed by atoms with Gasteiger partial charge in [-0.05, 0) is 19.8 Å². The van der Waals surface area contributed by atoms with Gasteiger partial charge in [-0.25, -0.2) is 4.98 Å². The fourth-order valence-corrected chi connectivity index (χ4v) is 3.70. The number of aromatic nitrogens is 1. The molecule has 1 aliphatic carbocycles. The molecule has 3 rings (SSSR count). The molecule has 0 aliphatic heterocycles. The highest BCUT2D eigenvalue weighted by atomic mass is 32.1. The van der Waals surface area contributed by atoms with Crippen LogP contribution >= 0.6 is 11.3 Å². The second kappa shape index (κ2) is 4.48. The van der Waals surface area contributed by atoms with Crippen molar-refractivity contribution in [3.05, 3.63) is 40.2 Å². The van der Waals surface area contributed by atoms with Crippen molar-refractivity contribution in [2.45, 2.75) is 31.6 Å². The Balaban J connectivity index is 2.01. The lowest BCUT2D eigenvalue weighted by atomic mass is 9.70.